The molecule has 1 amide bonds. The lowest BCUT2D eigenvalue weighted by Gasteiger charge is -2.33. The molecular weight excluding hydrogens is 476 g/mol. The number of likely N-dealkylation sites (tertiary alicyclic amines) is 1. The van der Waals surface area contributed by atoms with Crippen LogP contribution >= 0.6 is 0 Å². The molecule has 9 nitrogen and oxygen atoms in total. The molecule has 3 atom stereocenters. The number of carboxylic acids is 2. The van der Waals surface area contributed by atoms with E-state index in [1.807, 2.05) is 12.1 Å². The van der Waals surface area contributed by atoms with Crippen molar-refractivity contribution in [3.8, 4) is 0 Å². The molecule has 2 saturated carbocycles. The van der Waals surface area contributed by atoms with Gasteiger partial charge in [-0.1, -0.05) is 38.3 Å². The molecular formula is C28H40N2O7. The molecule has 4 rings (SSSR count). The Bertz CT molecular complexity index is 1010. The number of aliphatic carboxylic acids is 2. The van der Waals surface area contributed by atoms with Gasteiger partial charge in [-0.3, -0.25) is 9.59 Å². The van der Waals surface area contributed by atoms with E-state index >= 15 is 0 Å². The molecule has 3 fully saturated rings. The highest BCUT2D eigenvalue weighted by atomic mass is 16.4. The summed E-state index contributed by atoms with van der Waals surface area (Å²) in [5.41, 5.74) is -1.45. The number of anilines is 1. The van der Waals surface area contributed by atoms with Crippen LogP contribution in [0.3, 0.4) is 0 Å². The van der Waals surface area contributed by atoms with Crippen LogP contribution in [-0.4, -0.2) is 74.0 Å². The maximum atomic E-state index is 12.5. The van der Waals surface area contributed by atoms with Crippen molar-refractivity contribution in [2.45, 2.75) is 87.7 Å². The maximum Gasteiger partial charge on any atom is 0.336 e. The van der Waals surface area contributed by atoms with Gasteiger partial charge in [-0.25, -0.2) is 4.79 Å². The van der Waals surface area contributed by atoms with E-state index < -0.39 is 41.9 Å². The number of carbonyl (C=O) groups excluding carboxylic acids is 1. The normalized spacial score (nSPS) is 28.2. The fourth-order valence-electron chi connectivity index (χ4n) is 7.07. The smallest absolute Gasteiger partial charge is 0.336 e. The fraction of sp³-hybridized carbons (Fsp3) is 0.679. The summed E-state index contributed by atoms with van der Waals surface area (Å²) < 4.78 is 0. The molecule has 0 bridgehead atoms. The number of rotatable bonds is 12. The summed E-state index contributed by atoms with van der Waals surface area (Å²) in [5.74, 6) is -2.92. The highest BCUT2D eigenvalue weighted by molar-refractivity contribution is 5.96. The molecule has 1 aromatic carbocycles. The van der Waals surface area contributed by atoms with E-state index in [9.17, 15) is 29.7 Å². The van der Waals surface area contributed by atoms with Crippen molar-refractivity contribution in [3.05, 3.63) is 29.8 Å². The molecule has 2 aliphatic carbocycles. The third-order valence-electron chi connectivity index (χ3n) is 9.07. The average Bonchev–Trinajstić information content (AvgIpc) is 3.21. The van der Waals surface area contributed by atoms with Crippen molar-refractivity contribution in [2.75, 3.05) is 25.0 Å². The number of nitrogens with zero attached hydrogens (tertiary/aromatic N) is 1. The summed E-state index contributed by atoms with van der Waals surface area (Å²) >= 11 is 0. The van der Waals surface area contributed by atoms with Crippen molar-refractivity contribution in [3.63, 3.8) is 0 Å². The van der Waals surface area contributed by atoms with Gasteiger partial charge in [0, 0.05) is 24.2 Å². The lowest BCUT2D eigenvalue weighted by Crippen LogP contribution is -2.43. The van der Waals surface area contributed by atoms with Crippen molar-refractivity contribution >= 4 is 23.5 Å². The van der Waals surface area contributed by atoms with Crippen LogP contribution < -0.4 is 5.32 Å². The molecule has 5 N–H and O–H groups in total. The molecule has 3 aliphatic rings. The molecule has 0 aromatic heterocycles. The second-order valence-electron chi connectivity index (χ2n) is 11.5. The monoisotopic (exact) mass is 516 g/mol. The number of carbonyl (C=O) groups is 3. The molecule has 1 aliphatic heterocycles. The van der Waals surface area contributed by atoms with Gasteiger partial charge in [0.25, 0.3) is 0 Å². The third-order valence-corrected chi connectivity index (χ3v) is 9.07. The number of carboxylic acid groups (broad SMARTS) is 2. The number of benzene rings is 1. The molecule has 1 aromatic rings. The zero-order valence-corrected chi connectivity index (χ0v) is 21.6. The summed E-state index contributed by atoms with van der Waals surface area (Å²) in [7, 11) is 0. The van der Waals surface area contributed by atoms with Crippen LogP contribution in [0.25, 0.3) is 0 Å². The third kappa shape index (κ3) is 5.84. The fourth-order valence-corrected chi connectivity index (χ4v) is 7.07. The maximum absolute atomic E-state index is 12.5. The Morgan fingerprint density at radius 2 is 1.76 bits per heavy atom. The number of nitrogens with one attached hydrogen (secondary N) is 1. The van der Waals surface area contributed by atoms with Crippen LogP contribution in [0.4, 0.5) is 5.69 Å². The zero-order chi connectivity index (χ0) is 26.8. The van der Waals surface area contributed by atoms with E-state index in [4.69, 9.17) is 5.11 Å². The molecule has 1 saturated heterocycles. The Morgan fingerprint density at radius 1 is 1.08 bits per heavy atom. The Hall–Kier alpha value is -2.49. The first kappa shape index (κ1) is 27.5. The van der Waals surface area contributed by atoms with E-state index in [0.717, 1.165) is 70.1 Å². The van der Waals surface area contributed by atoms with Crippen molar-refractivity contribution in [1.82, 2.24) is 4.90 Å². The minimum Gasteiger partial charge on any atom is -0.481 e. The van der Waals surface area contributed by atoms with Crippen LogP contribution in [0.2, 0.25) is 0 Å². The summed E-state index contributed by atoms with van der Waals surface area (Å²) in [6.07, 6.45) is 6.31. The number of amides is 1. The van der Waals surface area contributed by atoms with Gasteiger partial charge in [-0.05, 0) is 68.2 Å². The Morgan fingerprint density at radius 3 is 2.35 bits per heavy atom. The minimum atomic E-state index is -2.66. The van der Waals surface area contributed by atoms with Crippen molar-refractivity contribution < 1.29 is 34.8 Å². The van der Waals surface area contributed by atoms with Gasteiger partial charge >= 0.3 is 11.9 Å². The van der Waals surface area contributed by atoms with E-state index in [0.29, 0.717) is 17.5 Å². The van der Waals surface area contributed by atoms with Gasteiger partial charge in [-0.2, -0.15) is 0 Å². The average molecular weight is 517 g/mol. The minimum absolute atomic E-state index is 0.0456. The molecule has 9 heteroatoms. The highest BCUT2D eigenvalue weighted by Crippen LogP contribution is 2.65. The lowest BCUT2D eigenvalue weighted by atomic mass is 9.81. The van der Waals surface area contributed by atoms with Gasteiger partial charge in [0.2, 0.25) is 5.91 Å². The molecule has 0 radical (unpaired) electrons. The predicted molar refractivity (Wildman–Crippen MR) is 137 cm³/mol. The SMILES string of the molecule is CCC1(c2cccc(NC(=O)CC(O)(CC(=O)O)C(=O)O)c2)C2CN(CCCC3(O)CCCCC3)CC21. The number of piperidine rings is 1. The number of hydrogen-bond acceptors (Lipinski definition) is 6. The van der Waals surface area contributed by atoms with Gasteiger partial charge in [0.05, 0.1) is 18.4 Å². The van der Waals surface area contributed by atoms with E-state index in [-0.39, 0.29) is 5.41 Å². The lowest BCUT2D eigenvalue weighted by molar-refractivity contribution is -0.167. The first-order valence-corrected chi connectivity index (χ1v) is 13.5. The van der Waals surface area contributed by atoms with Gasteiger partial charge in [-0.15, -0.1) is 0 Å². The topological polar surface area (TPSA) is 147 Å². The first-order chi connectivity index (χ1) is 17.5. The number of fused-ring (bicyclic) bond motifs is 1. The summed E-state index contributed by atoms with van der Waals surface area (Å²) in [4.78, 5) is 37.3. The summed E-state index contributed by atoms with van der Waals surface area (Å²) in [5, 5.41) is 41.7. The molecule has 1 heterocycles. The van der Waals surface area contributed by atoms with Crippen LogP contribution in [-0.2, 0) is 19.8 Å². The quantitative estimate of drug-likeness (QED) is 0.285. The molecule has 204 valence electrons. The van der Waals surface area contributed by atoms with Gasteiger partial charge in [0.15, 0.2) is 5.60 Å². The molecule has 0 spiro atoms. The number of aliphatic hydroxyl groups is 2. The first-order valence-electron chi connectivity index (χ1n) is 13.5. The zero-order valence-electron chi connectivity index (χ0n) is 21.6. The molecule has 3 unspecified atom stereocenters. The highest BCUT2D eigenvalue weighted by Gasteiger charge is 2.67. The van der Waals surface area contributed by atoms with Crippen LogP contribution in [0, 0.1) is 11.8 Å². The molecule has 37 heavy (non-hydrogen) atoms. The largest absolute Gasteiger partial charge is 0.481 e. The van der Waals surface area contributed by atoms with Crippen molar-refractivity contribution in [2.24, 2.45) is 11.8 Å². The summed E-state index contributed by atoms with van der Waals surface area (Å²) in [6.45, 7) is 5.24. The second-order valence-corrected chi connectivity index (χ2v) is 11.5. The van der Waals surface area contributed by atoms with E-state index in [1.165, 1.54) is 6.42 Å². The van der Waals surface area contributed by atoms with E-state index in [1.54, 1.807) is 6.07 Å². The predicted octanol–water partition coefficient (Wildman–Crippen LogP) is 2.99. The van der Waals surface area contributed by atoms with Gasteiger partial charge in [0.1, 0.15) is 0 Å². The number of hydrogen-bond donors (Lipinski definition) is 5. The Labute approximate surface area is 217 Å². The summed E-state index contributed by atoms with van der Waals surface area (Å²) in [6, 6.07) is 7.56. The second kappa shape index (κ2) is 10.7. The van der Waals surface area contributed by atoms with Crippen LogP contribution in [0.5, 0.6) is 0 Å². The van der Waals surface area contributed by atoms with Crippen LogP contribution in [0.1, 0.15) is 76.7 Å². The van der Waals surface area contributed by atoms with Crippen molar-refractivity contribution in [1.29, 1.82) is 0 Å². The Balaban J connectivity index is 1.33. The Kier molecular flexibility index (Phi) is 7.97. The van der Waals surface area contributed by atoms with Gasteiger partial charge < -0.3 is 30.6 Å². The van der Waals surface area contributed by atoms with Crippen LogP contribution in [0.15, 0.2) is 24.3 Å². The van der Waals surface area contributed by atoms with E-state index in [2.05, 4.69) is 23.2 Å². The standard InChI is InChI=1S/C28H40N2O7/c1-2-28(21-17-30(18-22(21)28)13-7-12-26(36)10-4-3-5-11-26)19-8-6-9-20(14-19)29-23(31)15-27(37,25(34)35)16-24(32)33/h6,8-9,14,21-22,36-37H,2-5,7,10-13,15-18H2,1H3,(H,29,31)(H,32,33)(H,34,35).